The van der Waals surface area contributed by atoms with Gasteiger partial charge in [0.05, 0.1) is 6.10 Å². The van der Waals surface area contributed by atoms with Gasteiger partial charge < -0.3 is 29.2 Å². The standard InChI is InChI=1S/C20H19N3O5/c24-14-5-7-23(8-6-14)20-22-15-10-13(2-4-16(15)28-20)21-19(25)12-1-3-17-18(9-12)27-11-26-17/h1-4,9-10,14,24H,5-8,11H2,(H,21,25). The number of nitrogens with one attached hydrogen (secondary N) is 1. The second-order valence-electron chi connectivity index (χ2n) is 6.92. The lowest BCUT2D eigenvalue weighted by Crippen LogP contribution is -2.35. The third-order valence-corrected chi connectivity index (χ3v) is 5.00. The molecule has 8 heteroatoms. The Morgan fingerprint density at radius 1 is 1.11 bits per heavy atom. The number of benzene rings is 2. The normalized spacial score (nSPS) is 16.5. The number of aromatic nitrogens is 1. The Balaban J connectivity index is 1.34. The maximum atomic E-state index is 12.6. The van der Waals surface area contributed by atoms with Gasteiger partial charge in [-0.2, -0.15) is 4.98 Å². The molecule has 1 fully saturated rings. The number of piperidine rings is 1. The van der Waals surface area contributed by atoms with Gasteiger partial charge in [-0.1, -0.05) is 0 Å². The number of carbonyl (C=O) groups excluding carboxylic acids is 1. The van der Waals surface area contributed by atoms with Gasteiger partial charge in [0.1, 0.15) is 5.52 Å². The summed E-state index contributed by atoms with van der Waals surface area (Å²) in [7, 11) is 0. The SMILES string of the molecule is O=C(Nc1ccc2oc(N3CCC(O)CC3)nc2c1)c1ccc2c(c1)OCO2. The Morgan fingerprint density at radius 3 is 2.79 bits per heavy atom. The predicted octanol–water partition coefficient (Wildman–Crippen LogP) is 2.77. The lowest BCUT2D eigenvalue weighted by molar-refractivity contribution is 0.102. The van der Waals surface area contributed by atoms with Gasteiger partial charge in [0.2, 0.25) is 6.79 Å². The number of aliphatic hydroxyl groups is 1. The van der Waals surface area contributed by atoms with E-state index in [-0.39, 0.29) is 18.8 Å². The molecule has 0 aliphatic carbocycles. The molecule has 0 saturated carbocycles. The molecule has 0 atom stereocenters. The number of anilines is 2. The van der Waals surface area contributed by atoms with Gasteiger partial charge in [0, 0.05) is 24.3 Å². The molecule has 0 bridgehead atoms. The molecule has 2 aromatic carbocycles. The van der Waals surface area contributed by atoms with E-state index in [1.54, 1.807) is 36.4 Å². The average molecular weight is 381 g/mol. The molecule has 1 amide bonds. The van der Waals surface area contributed by atoms with Crippen LogP contribution in [-0.4, -0.2) is 42.0 Å². The second-order valence-corrected chi connectivity index (χ2v) is 6.92. The molecule has 2 aliphatic rings. The number of hydrogen-bond acceptors (Lipinski definition) is 7. The molecule has 28 heavy (non-hydrogen) atoms. The fraction of sp³-hybridized carbons (Fsp3) is 0.300. The van der Waals surface area contributed by atoms with Crippen molar-refractivity contribution in [1.82, 2.24) is 4.98 Å². The van der Waals surface area contributed by atoms with Crippen molar-refractivity contribution in [3.05, 3.63) is 42.0 Å². The van der Waals surface area contributed by atoms with Crippen LogP contribution in [0.2, 0.25) is 0 Å². The number of amides is 1. The van der Waals surface area contributed by atoms with E-state index < -0.39 is 0 Å². The van der Waals surface area contributed by atoms with E-state index in [2.05, 4.69) is 10.3 Å². The van der Waals surface area contributed by atoms with Crippen molar-refractivity contribution in [3.8, 4) is 11.5 Å². The predicted molar refractivity (Wildman–Crippen MR) is 102 cm³/mol. The highest BCUT2D eigenvalue weighted by atomic mass is 16.7. The number of carbonyl (C=O) groups is 1. The molecule has 1 saturated heterocycles. The Bertz CT molecular complexity index is 1040. The molecule has 144 valence electrons. The van der Waals surface area contributed by atoms with Crippen molar-refractivity contribution in [1.29, 1.82) is 0 Å². The van der Waals surface area contributed by atoms with Gasteiger partial charge in [0.25, 0.3) is 11.9 Å². The number of oxazole rings is 1. The number of hydrogen-bond donors (Lipinski definition) is 2. The summed E-state index contributed by atoms with van der Waals surface area (Å²) in [5.74, 6) is 0.959. The molecule has 3 heterocycles. The van der Waals surface area contributed by atoms with E-state index in [1.165, 1.54) is 0 Å². The maximum Gasteiger partial charge on any atom is 0.298 e. The van der Waals surface area contributed by atoms with E-state index >= 15 is 0 Å². The summed E-state index contributed by atoms with van der Waals surface area (Å²) >= 11 is 0. The van der Waals surface area contributed by atoms with Crippen LogP contribution in [0.5, 0.6) is 11.5 Å². The topological polar surface area (TPSA) is 97.1 Å². The minimum Gasteiger partial charge on any atom is -0.454 e. The molecule has 2 aliphatic heterocycles. The first-order chi connectivity index (χ1) is 13.7. The van der Waals surface area contributed by atoms with E-state index in [1.807, 2.05) is 4.90 Å². The molecule has 1 aromatic heterocycles. The van der Waals surface area contributed by atoms with Crippen molar-refractivity contribution in [2.45, 2.75) is 18.9 Å². The van der Waals surface area contributed by atoms with E-state index in [0.29, 0.717) is 65.8 Å². The van der Waals surface area contributed by atoms with Gasteiger partial charge in [0.15, 0.2) is 17.1 Å². The van der Waals surface area contributed by atoms with Gasteiger partial charge in [-0.15, -0.1) is 0 Å². The first-order valence-electron chi connectivity index (χ1n) is 9.20. The summed E-state index contributed by atoms with van der Waals surface area (Å²) in [6.45, 7) is 1.59. The van der Waals surface area contributed by atoms with Crippen molar-refractivity contribution in [3.63, 3.8) is 0 Å². The largest absolute Gasteiger partial charge is 0.454 e. The molecule has 8 nitrogen and oxygen atoms in total. The van der Waals surface area contributed by atoms with Crippen molar-refractivity contribution >= 4 is 28.7 Å². The summed E-state index contributed by atoms with van der Waals surface area (Å²) in [6, 6.07) is 11.0. The second kappa shape index (κ2) is 6.72. The highest BCUT2D eigenvalue weighted by molar-refractivity contribution is 6.05. The van der Waals surface area contributed by atoms with Crippen LogP contribution < -0.4 is 19.7 Å². The number of fused-ring (bicyclic) bond motifs is 2. The van der Waals surface area contributed by atoms with Gasteiger partial charge in [-0.25, -0.2) is 0 Å². The molecule has 0 spiro atoms. The smallest absolute Gasteiger partial charge is 0.298 e. The zero-order chi connectivity index (χ0) is 19.1. The first kappa shape index (κ1) is 16.9. The van der Waals surface area contributed by atoms with Crippen LogP contribution in [-0.2, 0) is 0 Å². The number of rotatable bonds is 3. The minimum atomic E-state index is -0.251. The molecule has 0 radical (unpaired) electrons. The molecule has 3 aromatic rings. The Labute approximate surface area is 160 Å². The molecular formula is C20H19N3O5. The number of ether oxygens (including phenoxy) is 2. The molecular weight excluding hydrogens is 362 g/mol. The van der Waals surface area contributed by atoms with Gasteiger partial charge in [-0.3, -0.25) is 4.79 Å². The van der Waals surface area contributed by atoms with Crippen LogP contribution in [0.3, 0.4) is 0 Å². The Kier molecular flexibility index (Phi) is 4.05. The molecule has 5 rings (SSSR count). The van der Waals surface area contributed by atoms with Crippen LogP contribution in [0.1, 0.15) is 23.2 Å². The summed E-state index contributed by atoms with van der Waals surface area (Å²) in [5.41, 5.74) is 2.44. The third-order valence-electron chi connectivity index (χ3n) is 5.00. The van der Waals surface area contributed by atoms with E-state index in [9.17, 15) is 9.90 Å². The number of nitrogens with zero attached hydrogens (tertiary/aromatic N) is 2. The van der Waals surface area contributed by atoms with Crippen molar-refractivity contribution < 1.29 is 23.8 Å². The van der Waals surface area contributed by atoms with E-state index in [0.717, 1.165) is 0 Å². The maximum absolute atomic E-state index is 12.6. The van der Waals surface area contributed by atoms with E-state index in [4.69, 9.17) is 13.9 Å². The quantitative estimate of drug-likeness (QED) is 0.720. The summed E-state index contributed by atoms with van der Waals surface area (Å²) in [5, 5.41) is 12.5. The lowest BCUT2D eigenvalue weighted by atomic mass is 10.1. The average Bonchev–Trinajstić information content (AvgIpc) is 3.34. The van der Waals surface area contributed by atoms with Crippen LogP contribution in [0.4, 0.5) is 11.7 Å². The van der Waals surface area contributed by atoms with Gasteiger partial charge in [-0.05, 0) is 49.2 Å². The van der Waals surface area contributed by atoms with Crippen molar-refractivity contribution in [2.75, 3.05) is 30.1 Å². The fourth-order valence-corrected chi connectivity index (χ4v) is 3.43. The summed E-state index contributed by atoms with van der Waals surface area (Å²) in [6.07, 6.45) is 1.16. The fourth-order valence-electron chi connectivity index (χ4n) is 3.43. The van der Waals surface area contributed by atoms with Crippen molar-refractivity contribution in [2.24, 2.45) is 0 Å². The zero-order valence-corrected chi connectivity index (χ0v) is 15.1. The highest BCUT2D eigenvalue weighted by Gasteiger charge is 2.21. The summed E-state index contributed by atoms with van der Waals surface area (Å²) in [4.78, 5) is 19.1. The summed E-state index contributed by atoms with van der Waals surface area (Å²) < 4.78 is 16.4. The van der Waals surface area contributed by atoms with Crippen LogP contribution >= 0.6 is 0 Å². The lowest BCUT2D eigenvalue weighted by Gasteiger charge is -2.27. The highest BCUT2D eigenvalue weighted by Crippen LogP contribution is 2.33. The number of aliphatic hydroxyl groups excluding tert-OH is 1. The first-order valence-corrected chi connectivity index (χ1v) is 9.20. The monoisotopic (exact) mass is 381 g/mol. The Morgan fingerprint density at radius 2 is 1.93 bits per heavy atom. The van der Waals surface area contributed by atoms with Gasteiger partial charge >= 0.3 is 0 Å². The van der Waals surface area contributed by atoms with Crippen LogP contribution in [0, 0.1) is 0 Å². The third kappa shape index (κ3) is 3.11. The molecule has 2 N–H and O–H groups in total. The van der Waals surface area contributed by atoms with Crippen LogP contribution in [0.15, 0.2) is 40.8 Å². The minimum absolute atomic E-state index is 0.168. The Hall–Kier alpha value is -3.26. The molecule has 0 unspecified atom stereocenters. The zero-order valence-electron chi connectivity index (χ0n) is 15.1. The van der Waals surface area contributed by atoms with Crippen LogP contribution in [0.25, 0.3) is 11.1 Å².